The van der Waals surface area contributed by atoms with Crippen molar-refractivity contribution in [1.82, 2.24) is 0 Å². The summed E-state index contributed by atoms with van der Waals surface area (Å²) in [6.07, 6.45) is 0.479. The lowest BCUT2D eigenvalue weighted by Gasteiger charge is -2.26. The molecule has 0 aliphatic heterocycles. The van der Waals surface area contributed by atoms with Crippen molar-refractivity contribution < 1.29 is 33.0 Å². The van der Waals surface area contributed by atoms with Gasteiger partial charge in [-0.2, -0.15) is 13.1 Å². The SMILES string of the molecule is O=C(OC1CCCC(O)C1)C(F)(F)SOO. The van der Waals surface area contributed by atoms with Gasteiger partial charge in [-0.15, -0.1) is 0 Å². The average molecular weight is 258 g/mol. The van der Waals surface area contributed by atoms with Gasteiger partial charge >= 0.3 is 11.2 Å². The lowest BCUT2D eigenvalue weighted by atomic mass is 9.95. The minimum absolute atomic E-state index is 0.159. The fourth-order valence-corrected chi connectivity index (χ4v) is 1.74. The summed E-state index contributed by atoms with van der Waals surface area (Å²) in [6, 6.07) is 0. The molecule has 0 aromatic carbocycles. The number of hydrogen-bond acceptors (Lipinski definition) is 6. The number of esters is 1. The molecule has 0 spiro atoms. The molecule has 2 unspecified atom stereocenters. The maximum Gasteiger partial charge on any atom is 0.415 e. The number of halogens is 2. The highest BCUT2D eigenvalue weighted by Gasteiger charge is 2.45. The Morgan fingerprint density at radius 1 is 1.44 bits per heavy atom. The van der Waals surface area contributed by atoms with Crippen LogP contribution in [0.25, 0.3) is 0 Å². The van der Waals surface area contributed by atoms with Gasteiger partial charge < -0.3 is 9.84 Å². The number of carbonyl (C=O) groups excluding carboxylic acids is 1. The molecule has 1 saturated carbocycles. The maximum absolute atomic E-state index is 12.8. The van der Waals surface area contributed by atoms with Crippen molar-refractivity contribution in [2.24, 2.45) is 0 Å². The number of aliphatic hydroxyl groups excluding tert-OH is 1. The largest absolute Gasteiger partial charge is 0.457 e. The van der Waals surface area contributed by atoms with Gasteiger partial charge in [0.2, 0.25) is 0 Å². The van der Waals surface area contributed by atoms with Crippen molar-refractivity contribution in [2.45, 2.75) is 43.1 Å². The van der Waals surface area contributed by atoms with Crippen LogP contribution < -0.4 is 0 Å². The molecule has 1 fully saturated rings. The van der Waals surface area contributed by atoms with Gasteiger partial charge in [-0.3, -0.25) is 0 Å². The molecule has 0 heterocycles. The third kappa shape index (κ3) is 3.85. The zero-order chi connectivity index (χ0) is 12.2. The first-order valence-corrected chi connectivity index (χ1v) is 5.46. The number of carbonyl (C=O) groups is 1. The van der Waals surface area contributed by atoms with Crippen molar-refractivity contribution in [3.05, 3.63) is 0 Å². The smallest absolute Gasteiger partial charge is 0.415 e. The van der Waals surface area contributed by atoms with Gasteiger partial charge in [0, 0.05) is 6.42 Å². The third-order valence-electron chi connectivity index (χ3n) is 2.25. The van der Waals surface area contributed by atoms with E-state index < -0.39 is 35.5 Å². The number of ether oxygens (including phenoxy) is 1. The highest BCUT2D eigenvalue weighted by molar-refractivity contribution is 7.96. The summed E-state index contributed by atoms with van der Waals surface area (Å²) in [7, 11) is 0. The normalized spacial score (nSPS) is 26.5. The number of hydrogen-bond donors (Lipinski definition) is 2. The topological polar surface area (TPSA) is 76.0 Å². The molecule has 8 heteroatoms. The van der Waals surface area contributed by atoms with Crippen molar-refractivity contribution in [2.75, 3.05) is 0 Å². The van der Waals surface area contributed by atoms with Gasteiger partial charge in [0.05, 0.1) is 6.10 Å². The molecule has 94 valence electrons. The standard InChI is InChI=1S/C8H12F2O5S/c9-8(10,16-15-13)7(12)14-6-3-1-2-5(11)4-6/h5-6,11,13H,1-4H2. The first-order valence-electron chi connectivity index (χ1n) is 4.72. The summed E-state index contributed by atoms with van der Waals surface area (Å²) in [6.45, 7) is 0. The summed E-state index contributed by atoms with van der Waals surface area (Å²) in [5, 5.41) is 13.1. The molecule has 0 bridgehead atoms. The van der Waals surface area contributed by atoms with Crippen molar-refractivity contribution in [3.63, 3.8) is 0 Å². The molecule has 0 radical (unpaired) electrons. The summed E-state index contributed by atoms with van der Waals surface area (Å²) < 4.78 is 33.3. The zero-order valence-electron chi connectivity index (χ0n) is 8.27. The van der Waals surface area contributed by atoms with E-state index >= 15 is 0 Å². The lowest BCUT2D eigenvalue weighted by molar-refractivity contribution is -0.173. The predicted molar refractivity (Wildman–Crippen MR) is 50.6 cm³/mol. The van der Waals surface area contributed by atoms with E-state index in [2.05, 4.69) is 9.07 Å². The van der Waals surface area contributed by atoms with Crippen LogP contribution in [0, 0.1) is 0 Å². The number of rotatable bonds is 4. The number of alkyl halides is 2. The molecule has 1 aliphatic carbocycles. The van der Waals surface area contributed by atoms with Crippen molar-refractivity contribution in [3.8, 4) is 0 Å². The van der Waals surface area contributed by atoms with E-state index in [4.69, 9.17) is 5.26 Å². The van der Waals surface area contributed by atoms with Crippen LogP contribution in [0.3, 0.4) is 0 Å². The van der Waals surface area contributed by atoms with Crippen molar-refractivity contribution >= 4 is 18.0 Å². The Labute approximate surface area is 94.9 Å². The fourth-order valence-electron chi connectivity index (χ4n) is 1.53. The fraction of sp³-hybridized carbons (Fsp3) is 0.875. The third-order valence-corrected chi connectivity index (χ3v) is 2.70. The Morgan fingerprint density at radius 2 is 2.12 bits per heavy atom. The van der Waals surface area contributed by atoms with E-state index in [1.807, 2.05) is 0 Å². The Morgan fingerprint density at radius 3 is 2.69 bits per heavy atom. The van der Waals surface area contributed by atoms with E-state index in [1.165, 1.54) is 0 Å². The Balaban J connectivity index is 2.44. The minimum atomic E-state index is -3.95. The molecule has 0 saturated heterocycles. The first kappa shape index (κ1) is 13.6. The van der Waals surface area contributed by atoms with E-state index in [0.29, 0.717) is 19.3 Å². The first-order chi connectivity index (χ1) is 7.45. The second-order valence-electron chi connectivity index (χ2n) is 3.52. The average Bonchev–Trinajstić information content (AvgIpc) is 2.17. The second-order valence-corrected chi connectivity index (χ2v) is 4.35. The predicted octanol–water partition coefficient (Wildman–Crippen LogP) is 1.56. The molecule has 2 atom stereocenters. The van der Waals surface area contributed by atoms with Crippen LogP contribution in [0.5, 0.6) is 0 Å². The number of aliphatic hydroxyl groups is 1. The molecular formula is C8H12F2O5S. The summed E-state index contributed by atoms with van der Waals surface area (Å²) in [5.74, 6) is -1.77. The quantitative estimate of drug-likeness (QED) is 0.345. The highest BCUT2D eigenvalue weighted by atomic mass is 32.2. The second kappa shape index (κ2) is 5.76. The van der Waals surface area contributed by atoms with Gasteiger partial charge in [-0.1, -0.05) is 0 Å². The molecule has 1 rings (SSSR count). The monoisotopic (exact) mass is 258 g/mol. The van der Waals surface area contributed by atoms with Gasteiger partial charge in [-0.05, 0) is 19.3 Å². The zero-order valence-corrected chi connectivity index (χ0v) is 9.08. The molecule has 0 aromatic heterocycles. The maximum atomic E-state index is 12.8. The van der Waals surface area contributed by atoms with E-state index in [1.54, 1.807) is 0 Å². The van der Waals surface area contributed by atoms with E-state index in [-0.39, 0.29) is 6.42 Å². The van der Waals surface area contributed by atoms with Gasteiger partial charge in [-0.25, -0.2) is 10.1 Å². The molecule has 1 aliphatic rings. The lowest BCUT2D eigenvalue weighted by Crippen LogP contribution is -2.34. The van der Waals surface area contributed by atoms with Crippen LogP contribution >= 0.6 is 12.0 Å². The molecule has 5 nitrogen and oxygen atoms in total. The summed E-state index contributed by atoms with van der Waals surface area (Å²) >= 11 is -0.684. The van der Waals surface area contributed by atoms with Gasteiger partial charge in [0.15, 0.2) is 0 Å². The van der Waals surface area contributed by atoms with Gasteiger partial charge in [0.1, 0.15) is 18.1 Å². The van der Waals surface area contributed by atoms with Crippen LogP contribution in [0.15, 0.2) is 0 Å². The molecule has 0 amide bonds. The Kier molecular flexibility index (Phi) is 4.90. The summed E-state index contributed by atoms with van der Waals surface area (Å²) in [5.41, 5.74) is 0. The summed E-state index contributed by atoms with van der Waals surface area (Å²) in [4.78, 5) is 11.0. The molecule has 2 N–H and O–H groups in total. The highest BCUT2D eigenvalue weighted by Crippen LogP contribution is 2.32. The minimum Gasteiger partial charge on any atom is -0.457 e. The van der Waals surface area contributed by atoms with E-state index in [0.717, 1.165) is 0 Å². The van der Waals surface area contributed by atoms with Crippen LogP contribution in [0.4, 0.5) is 8.78 Å². The Hall–Kier alpha value is -0.440. The molecule has 0 aromatic rings. The van der Waals surface area contributed by atoms with Crippen LogP contribution in [-0.2, 0) is 13.9 Å². The van der Waals surface area contributed by atoms with Crippen LogP contribution in [-0.4, -0.2) is 33.8 Å². The van der Waals surface area contributed by atoms with Crippen LogP contribution in [0.1, 0.15) is 25.7 Å². The molecule has 16 heavy (non-hydrogen) atoms. The Bertz CT molecular complexity index is 251. The van der Waals surface area contributed by atoms with Crippen molar-refractivity contribution in [1.29, 1.82) is 0 Å². The van der Waals surface area contributed by atoms with E-state index in [9.17, 15) is 18.7 Å². The molecular weight excluding hydrogens is 246 g/mol. The van der Waals surface area contributed by atoms with Gasteiger partial charge in [0.25, 0.3) is 0 Å². The van der Waals surface area contributed by atoms with Crippen LogP contribution in [0.2, 0.25) is 0 Å².